The molecule has 5 unspecified atom stereocenters. The van der Waals surface area contributed by atoms with Crippen LogP contribution in [0, 0.1) is 11.8 Å². The highest BCUT2D eigenvalue weighted by molar-refractivity contribution is 5.76. The summed E-state index contributed by atoms with van der Waals surface area (Å²) >= 11 is 0. The van der Waals surface area contributed by atoms with Crippen LogP contribution in [0.25, 0.3) is 0 Å². The molecule has 0 aromatic rings. The third kappa shape index (κ3) is 3.19. The van der Waals surface area contributed by atoms with Gasteiger partial charge in [-0.25, -0.2) is 0 Å². The lowest BCUT2D eigenvalue weighted by Gasteiger charge is -2.40. The molecule has 114 valence electrons. The van der Waals surface area contributed by atoms with E-state index in [1.54, 1.807) is 0 Å². The van der Waals surface area contributed by atoms with Gasteiger partial charge in [0.1, 0.15) is 12.1 Å². The number of hydrogen-bond donors (Lipinski definition) is 1. The second kappa shape index (κ2) is 6.46. The summed E-state index contributed by atoms with van der Waals surface area (Å²) in [4.78, 5) is 12.4. The lowest BCUT2D eigenvalue weighted by Crippen LogP contribution is -2.53. The SMILES string of the molecule is CC1CCCCC1OC(=O)C1CCC2CCCCC2N1. The molecule has 0 amide bonds. The molecule has 3 aliphatic rings. The Bertz CT molecular complexity index is 344. The van der Waals surface area contributed by atoms with Gasteiger partial charge in [0.15, 0.2) is 0 Å². The highest BCUT2D eigenvalue weighted by atomic mass is 16.5. The van der Waals surface area contributed by atoms with Crippen molar-refractivity contribution in [2.75, 3.05) is 0 Å². The summed E-state index contributed by atoms with van der Waals surface area (Å²) in [6.45, 7) is 2.22. The number of hydrogen-bond acceptors (Lipinski definition) is 3. The average molecular weight is 279 g/mol. The molecular formula is C17H29NO2. The zero-order valence-electron chi connectivity index (χ0n) is 12.8. The van der Waals surface area contributed by atoms with Gasteiger partial charge in [0.25, 0.3) is 0 Å². The quantitative estimate of drug-likeness (QED) is 0.787. The normalized spacial score (nSPS) is 41.8. The Morgan fingerprint density at radius 3 is 2.55 bits per heavy atom. The molecule has 2 aliphatic carbocycles. The van der Waals surface area contributed by atoms with Crippen molar-refractivity contribution in [2.24, 2.45) is 11.8 Å². The Labute approximate surface area is 122 Å². The number of fused-ring (bicyclic) bond motifs is 1. The molecule has 0 aromatic heterocycles. The molecule has 0 bridgehead atoms. The highest BCUT2D eigenvalue weighted by Crippen LogP contribution is 2.33. The predicted octanol–water partition coefficient (Wildman–Crippen LogP) is 3.42. The number of ether oxygens (including phenoxy) is 1. The molecule has 0 radical (unpaired) electrons. The second-order valence-electron chi connectivity index (χ2n) is 7.18. The van der Waals surface area contributed by atoms with Gasteiger partial charge in [-0.3, -0.25) is 4.79 Å². The molecule has 3 fully saturated rings. The van der Waals surface area contributed by atoms with Crippen LogP contribution >= 0.6 is 0 Å². The van der Waals surface area contributed by atoms with Crippen molar-refractivity contribution in [3.63, 3.8) is 0 Å². The van der Waals surface area contributed by atoms with E-state index in [1.165, 1.54) is 51.4 Å². The minimum Gasteiger partial charge on any atom is -0.461 e. The first-order chi connectivity index (χ1) is 9.74. The van der Waals surface area contributed by atoms with Crippen LogP contribution in [0.15, 0.2) is 0 Å². The van der Waals surface area contributed by atoms with Crippen molar-refractivity contribution in [1.82, 2.24) is 5.32 Å². The van der Waals surface area contributed by atoms with E-state index in [0.29, 0.717) is 12.0 Å². The molecule has 1 saturated heterocycles. The van der Waals surface area contributed by atoms with Crippen molar-refractivity contribution in [2.45, 2.75) is 89.3 Å². The largest absolute Gasteiger partial charge is 0.461 e. The number of carbonyl (C=O) groups excluding carboxylic acids is 1. The molecule has 3 nitrogen and oxygen atoms in total. The number of piperidine rings is 1. The molecule has 20 heavy (non-hydrogen) atoms. The van der Waals surface area contributed by atoms with Gasteiger partial charge in [-0.2, -0.15) is 0 Å². The lowest BCUT2D eigenvalue weighted by molar-refractivity contribution is -0.157. The van der Waals surface area contributed by atoms with Gasteiger partial charge in [-0.1, -0.05) is 26.2 Å². The number of rotatable bonds is 2. The molecule has 1 N–H and O–H groups in total. The minimum atomic E-state index is -0.0384. The fourth-order valence-corrected chi connectivity index (χ4v) is 4.37. The summed E-state index contributed by atoms with van der Waals surface area (Å²) in [6, 6.07) is 0.530. The van der Waals surface area contributed by atoms with Crippen molar-refractivity contribution < 1.29 is 9.53 Å². The molecule has 3 heteroatoms. The van der Waals surface area contributed by atoms with Crippen LogP contribution in [0.5, 0.6) is 0 Å². The number of nitrogens with one attached hydrogen (secondary N) is 1. The first kappa shape index (κ1) is 14.4. The average Bonchev–Trinajstić information content (AvgIpc) is 2.49. The molecule has 3 rings (SSSR count). The maximum atomic E-state index is 12.4. The molecule has 2 saturated carbocycles. The first-order valence-electron chi connectivity index (χ1n) is 8.70. The summed E-state index contributed by atoms with van der Waals surface area (Å²) < 4.78 is 5.82. The molecule has 5 atom stereocenters. The summed E-state index contributed by atoms with van der Waals surface area (Å²) in [5.41, 5.74) is 0. The van der Waals surface area contributed by atoms with Gasteiger partial charge in [0, 0.05) is 6.04 Å². The molecule has 0 spiro atoms. The van der Waals surface area contributed by atoms with Gasteiger partial charge < -0.3 is 10.1 Å². The zero-order chi connectivity index (χ0) is 13.9. The Hall–Kier alpha value is -0.570. The van der Waals surface area contributed by atoms with Gasteiger partial charge in [0.05, 0.1) is 0 Å². The highest BCUT2D eigenvalue weighted by Gasteiger charge is 2.36. The number of esters is 1. The van der Waals surface area contributed by atoms with E-state index in [9.17, 15) is 4.79 Å². The smallest absolute Gasteiger partial charge is 0.323 e. The molecule has 1 aliphatic heterocycles. The zero-order valence-corrected chi connectivity index (χ0v) is 12.8. The van der Waals surface area contributed by atoms with Crippen LogP contribution in [0.4, 0.5) is 0 Å². The Balaban J connectivity index is 1.52. The lowest BCUT2D eigenvalue weighted by atomic mass is 9.78. The van der Waals surface area contributed by atoms with Gasteiger partial charge >= 0.3 is 5.97 Å². The second-order valence-corrected chi connectivity index (χ2v) is 7.18. The summed E-state index contributed by atoms with van der Waals surface area (Å²) in [7, 11) is 0. The summed E-state index contributed by atoms with van der Waals surface area (Å²) in [6.07, 6.45) is 12.4. The van der Waals surface area contributed by atoms with E-state index >= 15 is 0 Å². The minimum absolute atomic E-state index is 0.0211. The molecule has 1 heterocycles. The van der Waals surface area contributed by atoms with E-state index in [4.69, 9.17) is 4.74 Å². The number of carbonyl (C=O) groups is 1. The van der Waals surface area contributed by atoms with Gasteiger partial charge in [0.2, 0.25) is 0 Å². The Morgan fingerprint density at radius 1 is 0.950 bits per heavy atom. The van der Waals surface area contributed by atoms with Crippen molar-refractivity contribution in [3.05, 3.63) is 0 Å². The molecule has 0 aromatic carbocycles. The van der Waals surface area contributed by atoms with Gasteiger partial charge in [-0.15, -0.1) is 0 Å². The summed E-state index contributed by atoms with van der Waals surface area (Å²) in [5.74, 6) is 1.37. The standard InChI is InChI=1S/C17H29NO2/c1-12-6-2-5-9-16(12)20-17(19)15-11-10-13-7-3-4-8-14(13)18-15/h12-16,18H,2-11H2,1H3. The van der Waals surface area contributed by atoms with E-state index in [-0.39, 0.29) is 18.1 Å². The van der Waals surface area contributed by atoms with E-state index in [1.807, 2.05) is 0 Å². The van der Waals surface area contributed by atoms with Crippen molar-refractivity contribution in [1.29, 1.82) is 0 Å². The maximum Gasteiger partial charge on any atom is 0.323 e. The van der Waals surface area contributed by atoms with Crippen molar-refractivity contribution >= 4 is 5.97 Å². The maximum absolute atomic E-state index is 12.4. The predicted molar refractivity (Wildman–Crippen MR) is 79.4 cm³/mol. The van der Waals surface area contributed by atoms with Crippen LogP contribution in [-0.2, 0) is 9.53 Å². The van der Waals surface area contributed by atoms with Gasteiger partial charge in [-0.05, 0) is 56.8 Å². The Morgan fingerprint density at radius 2 is 1.70 bits per heavy atom. The van der Waals surface area contributed by atoms with Crippen molar-refractivity contribution in [3.8, 4) is 0 Å². The van der Waals surface area contributed by atoms with E-state index < -0.39 is 0 Å². The Kier molecular flexibility index (Phi) is 4.65. The summed E-state index contributed by atoms with van der Waals surface area (Å²) in [5, 5.41) is 3.59. The van der Waals surface area contributed by atoms with Crippen LogP contribution < -0.4 is 5.32 Å². The van der Waals surface area contributed by atoms with Crippen LogP contribution in [0.1, 0.15) is 71.1 Å². The fraction of sp³-hybridized carbons (Fsp3) is 0.941. The monoisotopic (exact) mass is 279 g/mol. The van der Waals surface area contributed by atoms with E-state index in [2.05, 4.69) is 12.2 Å². The third-order valence-electron chi connectivity index (χ3n) is 5.74. The topological polar surface area (TPSA) is 38.3 Å². The van der Waals surface area contributed by atoms with E-state index in [0.717, 1.165) is 18.8 Å². The third-order valence-corrected chi connectivity index (χ3v) is 5.74. The van der Waals surface area contributed by atoms with Crippen LogP contribution in [0.3, 0.4) is 0 Å². The fourth-order valence-electron chi connectivity index (χ4n) is 4.37. The van der Waals surface area contributed by atoms with Crippen LogP contribution in [0.2, 0.25) is 0 Å². The molecular weight excluding hydrogens is 250 g/mol. The first-order valence-corrected chi connectivity index (χ1v) is 8.70. The van der Waals surface area contributed by atoms with Crippen LogP contribution in [-0.4, -0.2) is 24.2 Å².